The van der Waals surface area contributed by atoms with Crippen LogP contribution in [0.1, 0.15) is 26.3 Å². The lowest BCUT2D eigenvalue weighted by atomic mass is 10.1. The van der Waals surface area contributed by atoms with Crippen molar-refractivity contribution in [1.29, 1.82) is 0 Å². The van der Waals surface area contributed by atoms with Crippen molar-refractivity contribution in [3.63, 3.8) is 0 Å². The molecule has 3 heteroatoms. The van der Waals surface area contributed by atoms with Crippen LogP contribution in [0.25, 0.3) is 0 Å². The summed E-state index contributed by atoms with van der Waals surface area (Å²) in [5.41, 5.74) is 1.07. The highest BCUT2D eigenvalue weighted by atomic mass is 32.2. The minimum absolute atomic E-state index is 0.296. The van der Waals surface area contributed by atoms with Gasteiger partial charge >= 0.3 is 0 Å². The summed E-state index contributed by atoms with van der Waals surface area (Å²) in [5.74, 6) is 0. The maximum atomic E-state index is 11.1. The summed E-state index contributed by atoms with van der Waals surface area (Å²) in [4.78, 5) is 0. The summed E-state index contributed by atoms with van der Waals surface area (Å²) in [5, 5.41) is -0.296. The standard InChI is InChI=1S/C10H14O2S.C2H6/c1-9(13(2,11)12)8-10-6-4-3-5-7-10;1-2/h3-7,9H,8H2,1-2H3;1-2H3. The Labute approximate surface area is 93.3 Å². The number of rotatable bonds is 3. The molecule has 0 aliphatic heterocycles. The third-order valence-electron chi connectivity index (χ3n) is 2.10. The minimum atomic E-state index is -2.90. The van der Waals surface area contributed by atoms with Crippen LogP contribution in [0.4, 0.5) is 0 Å². The van der Waals surface area contributed by atoms with Crippen molar-refractivity contribution in [2.75, 3.05) is 6.26 Å². The SMILES string of the molecule is CC.CC(Cc1ccccc1)S(C)(=O)=O. The Morgan fingerprint density at radius 2 is 1.60 bits per heavy atom. The molecule has 1 unspecified atom stereocenters. The van der Waals surface area contributed by atoms with E-state index in [0.29, 0.717) is 6.42 Å². The molecule has 0 fully saturated rings. The van der Waals surface area contributed by atoms with Gasteiger partial charge in [-0.25, -0.2) is 8.42 Å². The van der Waals surface area contributed by atoms with E-state index in [1.807, 2.05) is 44.2 Å². The molecular formula is C12H20O2S. The maximum absolute atomic E-state index is 11.1. The summed E-state index contributed by atoms with van der Waals surface area (Å²) >= 11 is 0. The van der Waals surface area contributed by atoms with Crippen LogP contribution in [0.5, 0.6) is 0 Å². The smallest absolute Gasteiger partial charge is 0.150 e. The van der Waals surface area contributed by atoms with Gasteiger partial charge in [0.1, 0.15) is 9.84 Å². The van der Waals surface area contributed by atoms with Crippen LogP contribution in [-0.2, 0) is 16.3 Å². The molecule has 86 valence electrons. The summed E-state index contributed by atoms with van der Waals surface area (Å²) in [6.07, 6.45) is 1.88. The molecular weight excluding hydrogens is 208 g/mol. The summed E-state index contributed by atoms with van der Waals surface area (Å²) in [7, 11) is -2.90. The molecule has 15 heavy (non-hydrogen) atoms. The molecule has 0 aliphatic rings. The molecule has 0 radical (unpaired) electrons. The van der Waals surface area contributed by atoms with E-state index in [2.05, 4.69) is 0 Å². The van der Waals surface area contributed by atoms with Gasteiger partial charge in [0.25, 0.3) is 0 Å². The van der Waals surface area contributed by atoms with Crippen molar-refractivity contribution >= 4 is 9.84 Å². The van der Waals surface area contributed by atoms with Crippen LogP contribution >= 0.6 is 0 Å². The Bertz CT molecular complexity index is 354. The monoisotopic (exact) mass is 228 g/mol. The predicted octanol–water partition coefficient (Wildman–Crippen LogP) is 2.69. The van der Waals surface area contributed by atoms with Gasteiger partial charge in [0.15, 0.2) is 0 Å². The first-order valence-electron chi connectivity index (χ1n) is 5.23. The highest BCUT2D eigenvalue weighted by Crippen LogP contribution is 2.08. The van der Waals surface area contributed by atoms with E-state index < -0.39 is 9.84 Å². The Balaban J connectivity index is 0.000000921. The van der Waals surface area contributed by atoms with Gasteiger partial charge in [-0.15, -0.1) is 0 Å². The third-order valence-corrected chi connectivity index (χ3v) is 3.73. The topological polar surface area (TPSA) is 34.1 Å². The maximum Gasteiger partial charge on any atom is 0.150 e. The quantitative estimate of drug-likeness (QED) is 0.797. The van der Waals surface area contributed by atoms with Crippen LogP contribution in [0.3, 0.4) is 0 Å². The molecule has 1 aromatic rings. The molecule has 0 spiro atoms. The molecule has 0 N–H and O–H groups in total. The van der Waals surface area contributed by atoms with Crippen molar-refractivity contribution in [3.8, 4) is 0 Å². The van der Waals surface area contributed by atoms with Gasteiger partial charge in [-0.05, 0) is 18.9 Å². The number of hydrogen-bond acceptors (Lipinski definition) is 2. The van der Waals surface area contributed by atoms with Crippen LogP contribution in [0.15, 0.2) is 30.3 Å². The Morgan fingerprint density at radius 1 is 1.13 bits per heavy atom. The van der Waals surface area contributed by atoms with E-state index in [-0.39, 0.29) is 5.25 Å². The van der Waals surface area contributed by atoms with Crippen molar-refractivity contribution in [2.45, 2.75) is 32.4 Å². The van der Waals surface area contributed by atoms with Crippen molar-refractivity contribution in [2.24, 2.45) is 0 Å². The average molecular weight is 228 g/mol. The van der Waals surface area contributed by atoms with Crippen LogP contribution < -0.4 is 0 Å². The zero-order chi connectivity index (χ0) is 11.9. The molecule has 0 heterocycles. The second kappa shape index (κ2) is 6.62. The molecule has 0 saturated carbocycles. The number of hydrogen-bond donors (Lipinski definition) is 0. The molecule has 0 amide bonds. The van der Waals surface area contributed by atoms with Crippen LogP contribution in [0, 0.1) is 0 Å². The Morgan fingerprint density at radius 3 is 2.00 bits per heavy atom. The number of benzene rings is 1. The molecule has 0 bridgehead atoms. The fourth-order valence-corrected chi connectivity index (χ4v) is 1.59. The lowest BCUT2D eigenvalue weighted by Crippen LogP contribution is -2.18. The predicted molar refractivity (Wildman–Crippen MR) is 65.8 cm³/mol. The molecule has 0 saturated heterocycles. The van der Waals surface area contributed by atoms with Crippen molar-refractivity contribution in [1.82, 2.24) is 0 Å². The van der Waals surface area contributed by atoms with Gasteiger partial charge in [0.05, 0.1) is 5.25 Å². The second-order valence-corrected chi connectivity index (χ2v) is 5.79. The Hall–Kier alpha value is -0.830. The van der Waals surface area contributed by atoms with Crippen molar-refractivity contribution in [3.05, 3.63) is 35.9 Å². The van der Waals surface area contributed by atoms with E-state index in [9.17, 15) is 8.42 Å². The van der Waals surface area contributed by atoms with E-state index in [1.54, 1.807) is 6.92 Å². The van der Waals surface area contributed by atoms with E-state index >= 15 is 0 Å². The third kappa shape index (κ3) is 5.57. The zero-order valence-corrected chi connectivity index (χ0v) is 10.7. The van der Waals surface area contributed by atoms with Gasteiger partial charge in [0.2, 0.25) is 0 Å². The van der Waals surface area contributed by atoms with Gasteiger partial charge in [0, 0.05) is 6.26 Å². The first kappa shape index (κ1) is 14.2. The Kier molecular flexibility index (Phi) is 6.25. The normalized spacial score (nSPS) is 12.5. The highest BCUT2D eigenvalue weighted by Gasteiger charge is 2.14. The lowest BCUT2D eigenvalue weighted by Gasteiger charge is -2.08. The summed E-state index contributed by atoms with van der Waals surface area (Å²) < 4.78 is 22.3. The molecule has 1 rings (SSSR count). The second-order valence-electron chi connectivity index (χ2n) is 3.33. The first-order chi connectivity index (χ1) is 7.00. The van der Waals surface area contributed by atoms with Gasteiger partial charge < -0.3 is 0 Å². The average Bonchev–Trinajstić information content (AvgIpc) is 2.21. The fraction of sp³-hybridized carbons (Fsp3) is 0.500. The fourth-order valence-electron chi connectivity index (χ4n) is 1.10. The van der Waals surface area contributed by atoms with E-state index in [1.165, 1.54) is 6.26 Å². The lowest BCUT2D eigenvalue weighted by molar-refractivity contribution is 0.588. The molecule has 1 aromatic carbocycles. The van der Waals surface area contributed by atoms with Crippen molar-refractivity contribution < 1.29 is 8.42 Å². The minimum Gasteiger partial charge on any atom is -0.229 e. The molecule has 0 aromatic heterocycles. The van der Waals surface area contributed by atoms with Crippen LogP contribution in [-0.4, -0.2) is 19.9 Å². The van der Waals surface area contributed by atoms with E-state index in [0.717, 1.165) is 5.56 Å². The number of sulfone groups is 1. The summed E-state index contributed by atoms with van der Waals surface area (Å²) in [6, 6.07) is 9.66. The largest absolute Gasteiger partial charge is 0.229 e. The van der Waals surface area contributed by atoms with Gasteiger partial charge in [-0.2, -0.15) is 0 Å². The molecule has 2 nitrogen and oxygen atoms in total. The van der Waals surface area contributed by atoms with Gasteiger partial charge in [-0.1, -0.05) is 44.2 Å². The van der Waals surface area contributed by atoms with E-state index in [4.69, 9.17) is 0 Å². The highest BCUT2D eigenvalue weighted by molar-refractivity contribution is 7.91. The molecule has 0 aliphatic carbocycles. The zero-order valence-electron chi connectivity index (χ0n) is 9.90. The first-order valence-corrected chi connectivity index (χ1v) is 7.18. The molecule has 1 atom stereocenters. The van der Waals surface area contributed by atoms with Crippen LogP contribution in [0.2, 0.25) is 0 Å². The van der Waals surface area contributed by atoms with Gasteiger partial charge in [-0.3, -0.25) is 0 Å². The summed E-state index contributed by atoms with van der Waals surface area (Å²) in [6.45, 7) is 5.74.